The van der Waals surface area contributed by atoms with E-state index in [1.165, 1.54) is 22.2 Å². The summed E-state index contributed by atoms with van der Waals surface area (Å²) in [5, 5.41) is 1.17. The molecule has 5 aromatic rings. The minimum Gasteiger partial charge on any atom is -0.344 e. The molecule has 0 fully saturated rings. The Hall–Kier alpha value is -2.92. The van der Waals surface area contributed by atoms with E-state index in [0.717, 1.165) is 32.5 Å². The predicted molar refractivity (Wildman–Crippen MR) is 113 cm³/mol. The van der Waals surface area contributed by atoms with E-state index in [4.69, 9.17) is 0 Å². The standard InChI is InChI=1S/C22H19N3OS/c1-3-14(2)24-13-15(16-8-4-6-10-18(16)24)12-20-21(26)25-19-11-7-5-9-17(19)23-22(25)27-20/h4-14H,3H2,1-2H3/b20-12-/t14-/m0/s1. The Labute approximate surface area is 160 Å². The van der Waals surface area contributed by atoms with E-state index < -0.39 is 0 Å². The van der Waals surface area contributed by atoms with E-state index in [-0.39, 0.29) is 5.56 Å². The molecule has 0 spiro atoms. The number of para-hydroxylation sites is 3. The first-order valence-electron chi connectivity index (χ1n) is 9.18. The molecule has 4 nitrogen and oxygen atoms in total. The van der Waals surface area contributed by atoms with Gasteiger partial charge < -0.3 is 4.57 Å². The summed E-state index contributed by atoms with van der Waals surface area (Å²) in [6.45, 7) is 4.42. The van der Waals surface area contributed by atoms with Crippen LogP contribution in [0.15, 0.2) is 59.5 Å². The molecule has 0 saturated carbocycles. The minimum absolute atomic E-state index is 0.00377. The van der Waals surface area contributed by atoms with E-state index in [2.05, 4.69) is 47.8 Å². The van der Waals surface area contributed by atoms with Crippen molar-refractivity contribution in [3.05, 3.63) is 75.2 Å². The fourth-order valence-corrected chi connectivity index (χ4v) is 4.64. The van der Waals surface area contributed by atoms with Crippen molar-refractivity contribution in [1.82, 2.24) is 14.0 Å². The molecule has 134 valence electrons. The number of nitrogens with zero attached hydrogens (tertiary/aromatic N) is 3. The van der Waals surface area contributed by atoms with Crippen molar-refractivity contribution in [2.75, 3.05) is 0 Å². The van der Waals surface area contributed by atoms with Crippen LogP contribution in [0.1, 0.15) is 31.9 Å². The van der Waals surface area contributed by atoms with Crippen LogP contribution in [-0.2, 0) is 0 Å². The fraction of sp³-hybridized carbons (Fsp3) is 0.182. The van der Waals surface area contributed by atoms with E-state index in [1.54, 1.807) is 4.40 Å². The van der Waals surface area contributed by atoms with Crippen LogP contribution in [0.5, 0.6) is 0 Å². The molecule has 5 heteroatoms. The van der Waals surface area contributed by atoms with Gasteiger partial charge in [0.15, 0.2) is 4.96 Å². The molecule has 0 unspecified atom stereocenters. The van der Waals surface area contributed by atoms with Crippen molar-refractivity contribution in [3.63, 3.8) is 0 Å². The summed E-state index contributed by atoms with van der Waals surface area (Å²) < 4.78 is 4.75. The van der Waals surface area contributed by atoms with Crippen LogP contribution in [0, 0.1) is 0 Å². The second kappa shape index (κ2) is 6.06. The molecule has 2 aromatic carbocycles. The highest BCUT2D eigenvalue weighted by atomic mass is 32.1. The highest BCUT2D eigenvalue weighted by molar-refractivity contribution is 7.15. The van der Waals surface area contributed by atoms with Crippen molar-refractivity contribution in [3.8, 4) is 0 Å². The van der Waals surface area contributed by atoms with Crippen LogP contribution in [0.4, 0.5) is 0 Å². The van der Waals surface area contributed by atoms with Crippen molar-refractivity contribution in [2.24, 2.45) is 0 Å². The first kappa shape index (κ1) is 16.3. The van der Waals surface area contributed by atoms with Crippen molar-refractivity contribution in [2.45, 2.75) is 26.3 Å². The molecule has 0 bridgehead atoms. The highest BCUT2D eigenvalue weighted by Gasteiger charge is 2.13. The number of hydrogen-bond acceptors (Lipinski definition) is 3. The molecule has 0 amide bonds. The molecular weight excluding hydrogens is 354 g/mol. The third kappa shape index (κ3) is 2.42. The number of hydrogen-bond donors (Lipinski definition) is 0. The maximum absolute atomic E-state index is 13.0. The molecule has 3 aromatic heterocycles. The van der Waals surface area contributed by atoms with Crippen LogP contribution in [0.2, 0.25) is 0 Å². The first-order chi connectivity index (χ1) is 13.2. The number of fused-ring (bicyclic) bond motifs is 4. The Balaban J connectivity index is 1.78. The van der Waals surface area contributed by atoms with E-state index in [0.29, 0.717) is 6.04 Å². The van der Waals surface area contributed by atoms with Gasteiger partial charge in [-0.2, -0.15) is 0 Å². The average molecular weight is 373 g/mol. The maximum atomic E-state index is 13.0. The Bertz CT molecular complexity index is 1410. The quantitative estimate of drug-likeness (QED) is 0.471. The monoisotopic (exact) mass is 373 g/mol. The summed E-state index contributed by atoms with van der Waals surface area (Å²) in [6, 6.07) is 16.6. The molecule has 0 aliphatic carbocycles. The van der Waals surface area contributed by atoms with Gasteiger partial charge in [-0.25, -0.2) is 9.38 Å². The zero-order chi connectivity index (χ0) is 18.5. The van der Waals surface area contributed by atoms with Gasteiger partial charge in [0.1, 0.15) is 0 Å². The molecule has 0 aliphatic heterocycles. The van der Waals surface area contributed by atoms with Gasteiger partial charge in [-0.05, 0) is 37.6 Å². The molecule has 27 heavy (non-hydrogen) atoms. The molecule has 0 radical (unpaired) electrons. The lowest BCUT2D eigenvalue weighted by molar-refractivity contribution is 0.548. The van der Waals surface area contributed by atoms with E-state index in [9.17, 15) is 4.79 Å². The van der Waals surface area contributed by atoms with Gasteiger partial charge in [-0.15, -0.1) is 0 Å². The average Bonchev–Trinajstić information content (AvgIpc) is 3.33. The van der Waals surface area contributed by atoms with Gasteiger partial charge in [-0.1, -0.05) is 48.6 Å². The third-order valence-corrected chi connectivity index (χ3v) is 6.24. The molecule has 0 N–H and O–H groups in total. The van der Waals surface area contributed by atoms with Crippen LogP contribution in [-0.4, -0.2) is 14.0 Å². The molecule has 5 rings (SSSR count). The van der Waals surface area contributed by atoms with Gasteiger partial charge in [0.05, 0.1) is 15.6 Å². The summed E-state index contributed by atoms with van der Waals surface area (Å²) in [7, 11) is 0. The van der Waals surface area contributed by atoms with E-state index in [1.807, 2.05) is 36.4 Å². The maximum Gasteiger partial charge on any atom is 0.274 e. The van der Waals surface area contributed by atoms with Crippen LogP contribution in [0.25, 0.3) is 33.0 Å². The van der Waals surface area contributed by atoms with Crippen LogP contribution < -0.4 is 10.1 Å². The zero-order valence-corrected chi connectivity index (χ0v) is 16.0. The van der Waals surface area contributed by atoms with Crippen molar-refractivity contribution < 1.29 is 0 Å². The number of aromatic nitrogens is 3. The lowest BCUT2D eigenvalue weighted by Gasteiger charge is -2.12. The lowest BCUT2D eigenvalue weighted by atomic mass is 10.2. The van der Waals surface area contributed by atoms with E-state index >= 15 is 0 Å². The molecule has 0 saturated heterocycles. The third-order valence-electron chi connectivity index (χ3n) is 5.27. The summed E-state index contributed by atoms with van der Waals surface area (Å²) in [4.78, 5) is 18.4. The highest BCUT2D eigenvalue weighted by Crippen LogP contribution is 2.26. The Morgan fingerprint density at radius 2 is 1.85 bits per heavy atom. The smallest absolute Gasteiger partial charge is 0.274 e. The number of imidazole rings is 1. The predicted octanol–water partition coefficient (Wildman–Crippen LogP) is 4.38. The van der Waals surface area contributed by atoms with Gasteiger partial charge in [-0.3, -0.25) is 4.79 Å². The summed E-state index contributed by atoms with van der Waals surface area (Å²) in [5.41, 5.74) is 4.02. The Morgan fingerprint density at radius 1 is 1.11 bits per heavy atom. The fourth-order valence-electron chi connectivity index (χ4n) is 3.66. The van der Waals surface area contributed by atoms with Crippen LogP contribution >= 0.6 is 11.3 Å². The number of rotatable bonds is 3. The SMILES string of the molecule is CC[C@H](C)n1cc(/C=c2\sc3nc4ccccc4n3c2=O)c2ccccc21. The Morgan fingerprint density at radius 3 is 2.67 bits per heavy atom. The van der Waals surface area contributed by atoms with Crippen molar-refractivity contribution in [1.29, 1.82) is 0 Å². The molecular formula is C22H19N3OS. The summed E-state index contributed by atoms with van der Waals surface area (Å²) in [5.74, 6) is 0. The molecule has 0 aliphatic rings. The number of benzene rings is 2. The zero-order valence-electron chi connectivity index (χ0n) is 15.2. The summed E-state index contributed by atoms with van der Waals surface area (Å²) >= 11 is 1.45. The summed E-state index contributed by atoms with van der Waals surface area (Å²) in [6.07, 6.45) is 5.24. The number of thiazole rings is 1. The second-order valence-electron chi connectivity index (χ2n) is 6.90. The van der Waals surface area contributed by atoms with Gasteiger partial charge in [0.25, 0.3) is 5.56 Å². The largest absolute Gasteiger partial charge is 0.344 e. The lowest BCUT2D eigenvalue weighted by Crippen LogP contribution is -2.22. The Kier molecular flexibility index (Phi) is 3.65. The molecule has 3 heterocycles. The second-order valence-corrected chi connectivity index (χ2v) is 7.91. The van der Waals surface area contributed by atoms with Crippen LogP contribution in [0.3, 0.4) is 0 Å². The van der Waals surface area contributed by atoms with Gasteiger partial charge in [0.2, 0.25) is 0 Å². The van der Waals surface area contributed by atoms with Crippen molar-refractivity contribution >= 4 is 44.3 Å². The molecule has 1 atom stereocenters. The van der Waals surface area contributed by atoms with Gasteiger partial charge >= 0.3 is 0 Å². The van der Waals surface area contributed by atoms with Gasteiger partial charge in [0, 0.05) is 28.7 Å². The topological polar surface area (TPSA) is 39.3 Å². The first-order valence-corrected chi connectivity index (χ1v) is 10.0. The normalized spacial score (nSPS) is 13.9. The minimum atomic E-state index is 0.00377.